The van der Waals surface area contributed by atoms with Gasteiger partial charge in [0, 0.05) is 18.7 Å². The van der Waals surface area contributed by atoms with Crippen molar-refractivity contribution < 1.29 is 23.8 Å². The Bertz CT molecular complexity index is 994. The zero-order valence-electron chi connectivity index (χ0n) is 17.4. The molecule has 32 heavy (non-hydrogen) atoms. The molecule has 1 atom stereocenters. The van der Waals surface area contributed by atoms with Crippen LogP contribution in [0.15, 0.2) is 41.5 Å². The molecule has 0 bridgehead atoms. The van der Waals surface area contributed by atoms with E-state index in [0.717, 1.165) is 18.4 Å². The summed E-state index contributed by atoms with van der Waals surface area (Å²) in [6.07, 6.45) is 3.13. The fraction of sp³-hybridized carbons (Fsp3) is 0.318. The van der Waals surface area contributed by atoms with Gasteiger partial charge in [-0.1, -0.05) is 35.3 Å². The Kier molecular flexibility index (Phi) is 8.72. The standard InChI is InChI=1S/C22H23Cl2N3O5/c1-30-19-6-2-4-15(20(19)32-13-14-7-8-17(23)18(24)10-14)11-26-27-22(29)21(28)25-12-16-5-3-9-31-16/h2,4,6-8,10-11,16H,3,5,9,12-13H2,1H3,(H,25,28)(H,27,29)/b26-11-/t16-/m1/s1. The number of halogens is 2. The van der Waals surface area contributed by atoms with E-state index in [9.17, 15) is 9.59 Å². The molecule has 1 heterocycles. The van der Waals surface area contributed by atoms with Crippen LogP contribution in [0.1, 0.15) is 24.0 Å². The average molecular weight is 480 g/mol. The number of nitrogens with one attached hydrogen (secondary N) is 2. The van der Waals surface area contributed by atoms with Crippen LogP contribution in [0.2, 0.25) is 10.0 Å². The van der Waals surface area contributed by atoms with Gasteiger partial charge in [0.1, 0.15) is 6.61 Å². The van der Waals surface area contributed by atoms with E-state index in [1.807, 2.05) is 0 Å². The zero-order valence-corrected chi connectivity index (χ0v) is 18.9. The Morgan fingerprint density at radius 3 is 2.78 bits per heavy atom. The van der Waals surface area contributed by atoms with Crippen LogP contribution in [0, 0.1) is 0 Å². The van der Waals surface area contributed by atoms with Gasteiger partial charge < -0.3 is 19.5 Å². The van der Waals surface area contributed by atoms with Crippen LogP contribution >= 0.6 is 23.2 Å². The van der Waals surface area contributed by atoms with Crippen molar-refractivity contribution in [2.75, 3.05) is 20.3 Å². The summed E-state index contributed by atoms with van der Waals surface area (Å²) in [6, 6.07) is 10.4. The topological polar surface area (TPSA) is 98.2 Å². The first-order valence-corrected chi connectivity index (χ1v) is 10.7. The highest BCUT2D eigenvalue weighted by Crippen LogP contribution is 2.31. The largest absolute Gasteiger partial charge is 0.493 e. The van der Waals surface area contributed by atoms with Crippen molar-refractivity contribution in [3.05, 3.63) is 57.6 Å². The van der Waals surface area contributed by atoms with Crippen LogP contribution in [0.4, 0.5) is 0 Å². The first-order valence-electron chi connectivity index (χ1n) is 9.94. The minimum atomic E-state index is -0.875. The molecule has 0 spiro atoms. The number of rotatable bonds is 8. The molecular weight excluding hydrogens is 457 g/mol. The van der Waals surface area contributed by atoms with Crippen molar-refractivity contribution in [2.45, 2.75) is 25.6 Å². The Labute approximate surface area is 195 Å². The van der Waals surface area contributed by atoms with E-state index in [-0.39, 0.29) is 12.7 Å². The van der Waals surface area contributed by atoms with Gasteiger partial charge in [0.2, 0.25) is 0 Å². The second-order valence-electron chi connectivity index (χ2n) is 6.96. The summed E-state index contributed by atoms with van der Waals surface area (Å²) in [4.78, 5) is 23.9. The van der Waals surface area contributed by atoms with E-state index in [1.165, 1.54) is 13.3 Å². The Hall–Kier alpha value is -2.81. The molecule has 1 aliphatic heterocycles. The van der Waals surface area contributed by atoms with Gasteiger partial charge in [-0.25, -0.2) is 5.43 Å². The molecule has 1 aliphatic rings. The molecule has 8 nitrogen and oxygen atoms in total. The number of carbonyl (C=O) groups is 2. The third-order valence-electron chi connectivity index (χ3n) is 4.69. The van der Waals surface area contributed by atoms with Crippen LogP contribution < -0.4 is 20.2 Å². The number of amides is 2. The van der Waals surface area contributed by atoms with Crippen molar-refractivity contribution in [3.8, 4) is 11.5 Å². The smallest absolute Gasteiger partial charge is 0.329 e. The van der Waals surface area contributed by atoms with Crippen molar-refractivity contribution in [1.29, 1.82) is 0 Å². The Morgan fingerprint density at radius 1 is 1.22 bits per heavy atom. The molecule has 0 aliphatic carbocycles. The summed E-state index contributed by atoms with van der Waals surface area (Å²) in [5.74, 6) is -0.753. The second-order valence-corrected chi connectivity index (χ2v) is 7.77. The minimum absolute atomic E-state index is 0.0535. The van der Waals surface area contributed by atoms with Gasteiger partial charge in [0.15, 0.2) is 11.5 Å². The molecule has 2 N–H and O–H groups in total. The molecule has 0 radical (unpaired) electrons. The summed E-state index contributed by atoms with van der Waals surface area (Å²) in [7, 11) is 1.52. The lowest BCUT2D eigenvalue weighted by molar-refractivity contribution is -0.139. The van der Waals surface area contributed by atoms with Gasteiger partial charge >= 0.3 is 11.8 Å². The van der Waals surface area contributed by atoms with E-state index in [0.29, 0.717) is 40.3 Å². The number of hydrazone groups is 1. The number of hydrogen-bond acceptors (Lipinski definition) is 6. The van der Waals surface area contributed by atoms with Crippen LogP contribution in [-0.4, -0.2) is 44.4 Å². The van der Waals surface area contributed by atoms with Crippen LogP contribution in [0.3, 0.4) is 0 Å². The summed E-state index contributed by atoms with van der Waals surface area (Å²) in [6.45, 7) is 1.17. The molecule has 0 aromatic heterocycles. The molecular formula is C22H23Cl2N3O5. The number of para-hydroxylation sites is 1. The van der Waals surface area contributed by atoms with Crippen molar-refractivity contribution in [2.24, 2.45) is 5.10 Å². The van der Waals surface area contributed by atoms with Crippen molar-refractivity contribution in [1.82, 2.24) is 10.7 Å². The Balaban J connectivity index is 1.61. The fourth-order valence-corrected chi connectivity index (χ4v) is 3.36. The Morgan fingerprint density at radius 2 is 2.06 bits per heavy atom. The highest BCUT2D eigenvalue weighted by Gasteiger charge is 2.19. The zero-order chi connectivity index (χ0) is 22.9. The lowest BCUT2D eigenvalue weighted by Gasteiger charge is -2.13. The van der Waals surface area contributed by atoms with E-state index in [2.05, 4.69) is 15.8 Å². The number of benzene rings is 2. The van der Waals surface area contributed by atoms with Crippen LogP contribution in [-0.2, 0) is 20.9 Å². The predicted octanol–water partition coefficient (Wildman–Crippen LogP) is 3.33. The molecule has 2 amide bonds. The summed E-state index contributed by atoms with van der Waals surface area (Å²) in [5, 5.41) is 7.28. The van der Waals surface area contributed by atoms with E-state index in [4.69, 9.17) is 37.4 Å². The average Bonchev–Trinajstić information content (AvgIpc) is 3.32. The number of ether oxygens (including phenoxy) is 3. The van der Waals surface area contributed by atoms with E-state index >= 15 is 0 Å². The van der Waals surface area contributed by atoms with Gasteiger partial charge in [-0.2, -0.15) is 5.10 Å². The predicted molar refractivity (Wildman–Crippen MR) is 122 cm³/mol. The van der Waals surface area contributed by atoms with Gasteiger partial charge in [-0.3, -0.25) is 9.59 Å². The molecule has 2 aromatic rings. The number of hydrogen-bond donors (Lipinski definition) is 2. The quantitative estimate of drug-likeness (QED) is 0.343. The fourth-order valence-electron chi connectivity index (χ4n) is 3.04. The molecule has 10 heteroatoms. The van der Waals surface area contributed by atoms with Gasteiger partial charge in [0.25, 0.3) is 0 Å². The third kappa shape index (κ3) is 6.59. The van der Waals surface area contributed by atoms with Crippen LogP contribution in [0.5, 0.6) is 11.5 Å². The molecule has 0 unspecified atom stereocenters. The van der Waals surface area contributed by atoms with Gasteiger partial charge in [-0.05, 0) is 42.7 Å². The first kappa shape index (κ1) is 23.8. The molecule has 2 aromatic carbocycles. The van der Waals surface area contributed by atoms with Gasteiger partial charge in [0.05, 0.1) is 29.5 Å². The summed E-state index contributed by atoms with van der Waals surface area (Å²) < 4.78 is 16.7. The molecule has 170 valence electrons. The third-order valence-corrected chi connectivity index (χ3v) is 5.43. The maximum absolute atomic E-state index is 12.0. The monoisotopic (exact) mass is 479 g/mol. The second kappa shape index (κ2) is 11.7. The van der Waals surface area contributed by atoms with Crippen LogP contribution in [0.25, 0.3) is 0 Å². The number of nitrogens with zero attached hydrogens (tertiary/aromatic N) is 1. The number of methoxy groups -OCH3 is 1. The first-order chi connectivity index (χ1) is 15.5. The number of carbonyl (C=O) groups excluding carboxylic acids is 2. The van der Waals surface area contributed by atoms with Gasteiger partial charge in [-0.15, -0.1) is 0 Å². The molecule has 3 rings (SSSR count). The normalized spacial score (nSPS) is 15.5. The SMILES string of the molecule is COc1cccc(/C=N\NC(=O)C(=O)NC[C@H]2CCCO2)c1OCc1ccc(Cl)c(Cl)c1. The highest BCUT2D eigenvalue weighted by molar-refractivity contribution is 6.42. The molecule has 1 saturated heterocycles. The lowest BCUT2D eigenvalue weighted by atomic mass is 10.2. The minimum Gasteiger partial charge on any atom is -0.493 e. The summed E-state index contributed by atoms with van der Waals surface area (Å²) >= 11 is 12.0. The van der Waals surface area contributed by atoms with E-state index in [1.54, 1.807) is 36.4 Å². The molecule has 0 saturated carbocycles. The summed E-state index contributed by atoms with van der Waals surface area (Å²) in [5.41, 5.74) is 3.56. The molecule has 1 fully saturated rings. The van der Waals surface area contributed by atoms with E-state index < -0.39 is 11.8 Å². The van der Waals surface area contributed by atoms with Crippen molar-refractivity contribution >= 4 is 41.2 Å². The maximum Gasteiger partial charge on any atom is 0.329 e. The highest BCUT2D eigenvalue weighted by atomic mass is 35.5. The van der Waals surface area contributed by atoms with Crippen molar-refractivity contribution in [3.63, 3.8) is 0 Å². The lowest BCUT2D eigenvalue weighted by Crippen LogP contribution is -2.41. The maximum atomic E-state index is 12.0.